The molecule has 1 heterocycles. The van der Waals surface area contributed by atoms with Crippen molar-refractivity contribution in [2.45, 2.75) is 25.7 Å². The molecule has 0 aliphatic rings. The van der Waals surface area contributed by atoms with Crippen LogP contribution in [0.4, 0.5) is 5.82 Å². The highest BCUT2D eigenvalue weighted by molar-refractivity contribution is 9.10. The highest BCUT2D eigenvalue weighted by Crippen LogP contribution is 2.19. The zero-order valence-electron chi connectivity index (χ0n) is 14.8. The van der Waals surface area contributed by atoms with Crippen LogP contribution < -0.4 is 19.5 Å². The van der Waals surface area contributed by atoms with Gasteiger partial charge in [0.25, 0.3) is 0 Å². The molecule has 140 valence electrons. The predicted molar refractivity (Wildman–Crippen MR) is 102 cm³/mol. The van der Waals surface area contributed by atoms with E-state index in [1.165, 1.54) is 14.2 Å². The van der Waals surface area contributed by atoms with Crippen molar-refractivity contribution in [2.24, 2.45) is 0 Å². The topological polar surface area (TPSA) is 82.6 Å². The first-order chi connectivity index (χ1) is 12.6. The second-order valence-corrected chi connectivity index (χ2v) is 6.36. The molecule has 0 atom stereocenters. The van der Waals surface area contributed by atoms with E-state index in [0.29, 0.717) is 24.7 Å². The van der Waals surface area contributed by atoms with Crippen LogP contribution in [0.5, 0.6) is 17.6 Å². The smallest absolute Gasteiger partial charge is 0.321 e. The number of nitrogens with one attached hydrogen (secondary N) is 1. The summed E-state index contributed by atoms with van der Waals surface area (Å²) < 4.78 is 16.7. The fraction of sp³-hybridized carbons (Fsp3) is 0.389. The van der Waals surface area contributed by atoms with E-state index in [1.807, 2.05) is 24.3 Å². The molecule has 0 saturated heterocycles. The van der Waals surface area contributed by atoms with E-state index in [-0.39, 0.29) is 11.9 Å². The first kappa shape index (κ1) is 20.0. The zero-order valence-corrected chi connectivity index (χ0v) is 16.4. The van der Waals surface area contributed by atoms with Crippen LogP contribution in [-0.4, -0.2) is 36.7 Å². The summed E-state index contributed by atoms with van der Waals surface area (Å²) in [6.07, 6.45) is 2.96. The molecule has 0 bridgehead atoms. The third-order valence-corrected chi connectivity index (χ3v) is 3.95. The molecule has 0 radical (unpaired) electrons. The summed E-state index contributed by atoms with van der Waals surface area (Å²) >= 11 is 3.41. The van der Waals surface area contributed by atoms with Gasteiger partial charge in [-0.25, -0.2) is 0 Å². The van der Waals surface area contributed by atoms with Gasteiger partial charge in [-0.2, -0.15) is 9.97 Å². The van der Waals surface area contributed by atoms with Crippen LogP contribution in [-0.2, 0) is 4.79 Å². The van der Waals surface area contributed by atoms with Crippen LogP contribution in [0.25, 0.3) is 0 Å². The first-order valence-electron chi connectivity index (χ1n) is 8.26. The van der Waals surface area contributed by atoms with Crippen molar-refractivity contribution in [1.29, 1.82) is 0 Å². The number of rotatable bonds is 10. The molecular formula is C18H22BrN3O4. The van der Waals surface area contributed by atoms with E-state index in [4.69, 9.17) is 14.2 Å². The Hall–Kier alpha value is -2.35. The van der Waals surface area contributed by atoms with Crippen LogP contribution in [0.3, 0.4) is 0 Å². The van der Waals surface area contributed by atoms with Gasteiger partial charge in [-0.05, 0) is 37.5 Å². The molecule has 0 spiro atoms. The van der Waals surface area contributed by atoms with Gasteiger partial charge >= 0.3 is 6.01 Å². The molecule has 26 heavy (non-hydrogen) atoms. The number of carbonyl (C=O) groups excluding carboxylic acids is 1. The average Bonchev–Trinajstić information content (AvgIpc) is 2.64. The van der Waals surface area contributed by atoms with Crippen molar-refractivity contribution >= 4 is 27.7 Å². The molecule has 0 fully saturated rings. The second kappa shape index (κ2) is 10.6. The Morgan fingerprint density at radius 1 is 1.12 bits per heavy atom. The van der Waals surface area contributed by atoms with Gasteiger partial charge in [0, 0.05) is 17.0 Å². The van der Waals surface area contributed by atoms with Gasteiger partial charge in [-0.3, -0.25) is 4.79 Å². The van der Waals surface area contributed by atoms with Crippen molar-refractivity contribution in [2.75, 3.05) is 26.1 Å². The standard InChI is InChI=1S/C18H22BrN3O4/c1-24-17-12-15(21-18(22-17)25-2)20-16(23)9-4-3-5-10-26-14-8-6-7-13(19)11-14/h6-8,11-12H,3-5,9-10H2,1-2H3,(H,20,21,22,23). The molecule has 1 amide bonds. The lowest BCUT2D eigenvalue weighted by molar-refractivity contribution is -0.116. The zero-order chi connectivity index (χ0) is 18.8. The molecule has 0 aliphatic carbocycles. The molecule has 2 rings (SSSR count). The number of unbranched alkanes of at least 4 members (excludes halogenated alkanes) is 2. The Morgan fingerprint density at radius 3 is 2.69 bits per heavy atom. The molecule has 1 N–H and O–H groups in total. The summed E-state index contributed by atoms with van der Waals surface area (Å²) in [6.45, 7) is 0.623. The van der Waals surface area contributed by atoms with Crippen molar-refractivity contribution in [3.05, 3.63) is 34.8 Å². The van der Waals surface area contributed by atoms with E-state index < -0.39 is 0 Å². The number of halogens is 1. The molecule has 1 aromatic heterocycles. The fourth-order valence-corrected chi connectivity index (χ4v) is 2.56. The first-order valence-corrected chi connectivity index (χ1v) is 9.05. The summed E-state index contributed by atoms with van der Waals surface area (Å²) in [6, 6.07) is 9.42. The molecular weight excluding hydrogens is 402 g/mol. The number of hydrogen-bond donors (Lipinski definition) is 1. The van der Waals surface area contributed by atoms with Crippen LogP contribution in [0, 0.1) is 0 Å². The summed E-state index contributed by atoms with van der Waals surface area (Å²) in [7, 11) is 2.94. The van der Waals surface area contributed by atoms with Crippen LogP contribution >= 0.6 is 15.9 Å². The highest BCUT2D eigenvalue weighted by Gasteiger charge is 2.08. The van der Waals surface area contributed by atoms with Gasteiger partial charge in [0.2, 0.25) is 11.8 Å². The van der Waals surface area contributed by atoms with E-state index in [9.17, 15) is 4.79 Å². The quantitative estimate of drug-likeness (QED) is 0.584. The number of benzene rings is 1. The second-order valence-electron chi connectivity index (χ2n) is 5.45. The lowest BCUT2D eigenvalue weighted by Gasteiger charge is -2.08. The number of methoxy groups -OCH3 is 2. The minimum atomic E-state index is -0.110. The monoisotopic (exact) mass is 423 g/mol. The van der Waals surface area contributed by atoms with Crippen molar-refractivity contribution < 1.29 is 19.0 Å². The lowest BCUT2D eigenvalue weighted by Crippen LogP contribution is -2.13. The normalized spacial score (nSPS) is 10.3. The third-order valence-electron chi connectivity index (χ3n) is 3.45. The van der Waals surface area contributed by atoms with E-state index >= 15 is 0 Å². The van der Waals surface area contributed by atoms with E-state index in [2.05, 4.69) is 31.2 Å². The number of amides is 1. The largest absolute Gasteiger partial charge is 0.494 e. The maximum atomic E-state index is 12.0. The number of hydrogen-bond acceptors (Lipinski definition) is 6. The van der Waals surface area contributed by atoms with Gasteiger partial charge < -0.3 is 19.5 Å². The minimum absolute atomic E-state index is 0.110. The van der Waals surface area contributed by atoms with Gasteiger partial charge in [-0.15, -0.1) is 0 Å². The Kier molecular flexibility index (Phi) is 8.14. The van der Waals surface area contributed by atoms with Crippen LogP contribution in [0.15, 0.2) is 34.8 Å². The minimum Gasteiger partial charge on any atom is -0.494 e. The highest BCUT2D eigenvalue weighted by atomic mass is 79.9. The number of aromatic nitrogens is 2. The van der Waals surface area contributed by atoms with Crippen molar-refractivity contribution in [1.82, 2.24) is 9.97 Å². The number of carbonyl (C=O) groups is 1. The molecule has 0 saturated carbocycles. The summed E-state index contributed by atoms with van der Waals surface area (Å²) in [5.41, 5.74) is 0. The van der Waals surface area contributed by atoms with Crippen LogP contribution in [0.2, 0.25) is 0 Å². The Morgan fingerprint density at radius 2 is 1.96 bits per heavy atom. The number of anilines is 1. The average molecular weight is 424 g/mol. The maximum Gasteiger partial charge on any atom is 0.321 e. The van der Waals surface area contributed by atoms with Gasteiger partial charge in [0.15, 0.2) is 0 Å². The summed E-state index contributed by atoms with van der Waals surface area (Å²) in [5, 5.41) is 2.73. The molecule has 0 aliphatic heterocycles. The summed E-state index contributed by atoms with van der Waals surface area (Å²) in [5.74, 6) is 1.41. The Balaban J connectivity index is 1.66. The van der Waals surface area contributed by atoms with E-state index in [0.717, 1.165) is 29.5 Å². The van der Waals surface area contributed by atoms with E-state index in [1.54, 1.807) is 6.07 Å². The molecule has 7 nitrogen and oxygen atoms in total. The Bertz CT molecular complexity index is 705. The van der Waals surface area contributed by atoms with Gasteiger partial charge in [0.05, 0.1) is 20.8 Å². The molecule has 1 aromatic carbocycles. The SMILES string of the molecule is COc1cc(NC(=O)CCCCCOc2cccc(Br)c2)nc(OC)n1. The van der Waals surface area contributed by atoms with Crippen LogP contribution in [0.1, 0.15) is 25.7 Å². The number of ether oxygens (including phenoxy) is 3. The molecule has 2 aromatic rings. The van der Waals surface area contributed by atoms with Gasteiger partial charge in [-0.1, -0.05) is 22.0 Å². The molecule has 0 unspecified atom stereocenters. The van der Waals surface area contributed by atoms with Gasteiger partial charge in [0.1, 0.15) is 11.6 Å². The van der Waals surface area contributed by atoms with Crippen molar-refractivity contribution in [3.8, 4) is 17.6 Å². The maximum absolute atomic E-state index is 12.0. The summed E-state index contributed by atoms with van der Waals surface area (Å²) in [4.78, 5) is 20.1. The molecule has 8 heteroatoms. The Labute approximate surface area is 161 Å². The predicted octanol–water partition coefficient (Wildman–Crippen LogP) is 3.83. The lowest BCUT2D eigenvalue weighted by atomic mass is 10.2. The number of nitrogens with zero attached hydrogens (tertiary/aromatic N) is 2. The third kappa shape index (κ3) is 6.87. The van der Waals surface area contributed by atoms with Crippen molar-refractivity contribution in [3.63, 3.8) is 0 Å². The fourth-order valence-electron chi connectivity index (χ4n) is 2.18.